The largest absolute Gasteiger partial charge is 0.416 e. The highest BCUT2D eigenvalue weighted by molar-refractivity contribution is 8.00. The highest BCUT2D eigenvalue weighted by Gasteiger charge is 2.29. The molecule has 0 radical (unpaired) electrons. The predicted molar refractivity (Wildman–Crippen MR) is 107 cm³/mol. The summed E-state index contributed by atoms with van der Waals surface area (Å²) in [5.41, 5.74) is 2.18. The second kappa shape index (κ2) is 7.76. The minimum absolute atomic E-state index is 0.271. The summed E-state index contributed by atoms with van der Waals surface area (Å²) < 4.78 is 8.02. The van der Waals surface area contributed by atoms with Gasteiger partial charge in [0, 0.05) is 29.5 Å². The van der Waals surface area contributed by atoms with E-state index in [1.165, 1.54) is 0 Å². The molecule has 1 aliphatic rings. The molecule has 0 N–H and O–H groups in total. The summed E-state index contributed by atoms with van der Waals surface area (Å²) in [7, 11) is 0. The Morgan fingerprint density at radius 1 is 1.04 bits per heavy atom. The van der Waals surface area contributed by atoms with E-state index < -0.39 is 0 Å². The Bertz CT molecular complexity index is 1070. The number of pyridine rings is 1. The number of nitrogens with zero attached hydrogens (tertiary/aromatic N) is 6. The van der Waals surface area contributed by atoms with Gasteiger partial charge in [-0.1, -0.05) is 53.9 Å². The summed E-state index contributed by atoms with van der Waals surface area (Å²) in [4.78, 5) is 4.08. The molecule has 0 fully saturated rings. The molecule has 1 atom stereocenters. The fourth-order valence-corrected chi connectivity index (χ4v) is 5.16. The summed E-state index contributed by atoms with van der Waals surface area (Å²) in [6, 6.07) is 14.3. The van der Waals surface area contributed by atoms with Crippen molar-refractivity contribution >= 4 is 23.5 Å². The van der Waals surface area contributed by atoms with Crippen LogP contribution < -0.4 is 0 Å². The van der Waals surface area contributed by atoms with Crippen molar-refractivity contribution in [2.75, 3.05) is 11.5 Å². The van der Waals surface area contributed by atoms with Gasteiger partial charge in [-0.15, -0.1) is 20.4 Å². The first-order chi connectivity index (χ1) is 13.9. The van der Waals surface area contributed by atoms with Crippen LogP contribution >= 0.6 is 23.5 Å². The maximum absolute atomic E-state index is 5.82. The molecule has 140 valence electrons. The van der Waals surface area contributed by atoms with Crippen molar-refractivity contribution in [1.82, 2.24) is 29.9 Å². The van der Waals surface area contributed by atoms with E-state index in [9.17, 15) is 0 Å². The molecule has 7 nitrogen and oxygen atoms in total. The number of thioether (sulfide) groups is 2. The summed E-state index contributed by atoms with van der Waals surface area (Å²) in [6.45, 7) is 0. The topological polar surface area (TPSA) is 82.5 Å². The summed E-state index contributed by atoms with van der Waals surface area (Å²) in [5.74, 6) is 3.30. The molecule has 9 heteroatoms. The lowest BCUT2D eigenvalue weighted by Crippen LogP contribution is -2.11. The van der Waals surface area contributed by atoms with Gasteiger partial charge in [-0.2, -0.15) is 0 Å². The van der Waals surface area contributed by atoms with E-state index in [1.807, 2.05) is 30.3 Å². The Morgan fingerprint density at radius 3 is 2.75 bits per heavy atom. The fraction of sp³-hybridized carbons (Fsp3) is 0.211. The molecule has 28 heavy (non-hydrogen) atoms. The third-order valence-corrected chi connectivity index (χ3v) is 6.47. The molecule has 3 aromatic heterocycles. The Labute approximate surface area is 170 Å². The van der Waals surface area contributed by atoms with E-state index in [0.29, 0.717) is 17.5 Å². The van der Waals surface area contributed by atoms with Crippen molar-refractivity contribution in [2.45, 2.75) is 22.8 Å². The lowest BCUT2D eigenvalue weighted by atomic mass is 10.2. The molecule has 0 amide bonds. The average molecular weight is 409 g/mol. The molecule has 4 heterocycles. The average Bonchev–Trinajstić information content (AvgIpc) is 3.45. The zero-order chi connectivity index (χ0) is 18.8. The van der Waals surface area contributed by atoms with E-state index in [1.54, 1.807) is 35.9 Å². The zero-order valence-corrected chi connectivity index (χ0v) is 16.4. The van der Waals surface area contributed by atoms with E-state index in [4.69, 9.17) is 4.42 Å². The standard InChI is InChI=1S/C19H16N6OS2/c1-2-4-13(5-3-1)10-16-21-24-19(26-16)28-12-15-11-27-18-23-22-17(25(15)18)14-6-8-20-9-7-14/h1-9,15H,10-12H2/t15-/m0/s1. The van der Waals surface area contributed by atoms with Crippen LogP contribution in [0.1, 0.15) is 17.5 Å². The minimum atomic E-state index is 0.271. The molecular weight excluding hydrogens is 392 g/mol. The van der Waals surface area contributed by atoms with Gasteiger partial charge >= 0.3 is 0 Å². The maximum atomic E-state index is 5.82. The van der Waals surface area contributed by atoms with Gasteiger partial charge < -0.3 is 4.42 Å². The predicted octanol–water partition coefficient (Wildman–Crippen LogP) is 3.75. The van der Waals surface area contributed by atoms with Gasteiger partial charge in [-0.25, -0.2) is 0 Å². The summed E-state index contributed by atoms with van der Waals surface area (Å²) in [6.07, 6.45) is 4.19. The van der Waals surface area contributed by atoms with Crippen LogP contribution in [0.5, 0.6) is 0 Å². The van der Waals surface area contributed by atoms with Crippen LogP contribution in [0, 0.1) is 0 Å². The van der Waals surface area contributed by atoms with Gasteiger partial charge in [0.15, 0.2) is 11.0 Å². The van der Waals surface area contributed by atoms with Gasteiger partial charge in [0.25, 0.3) is 5.22 Å². The molecular formula is C19H16N6OS2. The van der Waals surface area contributed by atoms with Crippen LogP contribution in [-0.4, -0.2) is 41.5 Å². The Balaban J connectivity index is 1.28. The summed E-state index contributed by atoms with van der Waals surface area (Å²) in [5, 5.41) is 18.6. The first-order valence-corrected chi connectivity index (χ1v) is 10.8. The second-order valence-electron chi connectivity index (χ2n) is 6.31. The monoisotopic (exact) mass is 408 g/mol. The fourth-order valence-electron chi connectivity index (χ4n) is 3.08. The number of hydrogen-bond donors (Lipinski definition) is 0. The van der Waals surface area contributed by atoms with Crippen LogP contribution in [-0.2, 0) is 6.42 Å². The third-order valence-electron chi connectivity index (χ3n) is 4.42. The molecule has 0 saturated carbocycles. The molecule has 1 aliphatic heterocycles. The Kier molecular flexibility index (Phi) is 4.84. The van der Waals surface area contributed by atoms with Crippen molar-refractivity contribution in [2.24, 2.45) is 0 Å². The van der Waals surface area contributed by atoms with Crippen molar-refractivity contribution in [3.05, 3.63) is 66.3 Å². The zero-order valence-electron chi connectivity index (χ0n) is 14.8. The second-order valence-corrected chi connectivity index (χ2v) is 8.27. The first-order valence-electron chi connectivity index (χ1n) is 8.84. The van der Waals surface area contributed by atoms with E-state index in [2.05, 4.69) is 42.1 Å². The number of hydrogen-bond acceptors (Lipinski definition) is 8. The lowest BCUT2D eigenvalue weighted by Gasteiger charge is -2.12. The van der Waals surface area contributed by atoms with Gasteiger partial charge in [-0.05, 0) is 17.7 Å². The van der Waals surface area contributed by atoms with Crippen molar-refractivity contribution in [3.63, 3.8) is 0 Å². The number of aromatic nitrogens is 6. The Morgan fingerprint density at radius 2 is 1.89 bits per heavy atom. The van der Waals surface area contributed by atoms with Crippen LogP contribution in [0.15, 0.2) is 69.7 Å². The van der Waals surface area contributed by atoms with Crippen LogP contribution in [0.2, 0.25) is 0 Å². The highest BCUT2D eigenvalue weighted by Crippen LogP contribution is 2.38. The van der Waals surface area contributed by atoms with Gasteiger partial charge in [0.2, 0.25) is 5.89 Å². The van der Waals surface area contributed by atoms with Gasteiger partial charge in [-0.3, -0.25) is 9.55 Å². The van der Waals surface area contributed by atoms with E-state index >= 15 is 0 Å². The number of rotatable bonds is 6. The normalized spacial score (nSPS) is 15.6. The summed E-state index contributed by atoms with van der Waals surface area (Å²) >= 11 is 3.30. The molecule has 0 bridgehead atoms. The lowest BCUT2D eigenvalue weighted by molar-refractivity contribution is 0.419. The molecule has 5 rings (SSSR count). The third kappa shape index (κ3) is 3.55. The molecule has 4 aromatic rings. The first kappa shape index (κ1) is 17.4. The number of fused-ring (bicyclic) bond motifs is 1. The van der Waals surface area contributed by atoms with Crippen molar-refractivity contribution in [1.29, 1.82) is 0 Å². The Hall–Kier alpha value is -2.65. The molecule has 0 unspecified atom stereocenters. The van der Waals surface area contributed by atoms with Crippen molar-refractivity contribution < 1.29 is 4.42 Å². The number of benzene rings is 1. The van der Waals surface area contributed by atoms with Crippen LogP contribution in [0.25, 0.3) is 11.4 Å². The quantitative estimate of drug-likeness (QED) is 0.446. The minimum Gasteiger partial charge on any atom is -0.416 e. The van der Waals surface area contributed by atoms with Crippen LogP contribution in [0.3, 0.4) is 0 Å². The molecule has 0 spiro atoms. The molecule has 0 aliphatic carbocycles. The van der Waals surface area contributed by atoms with E-state index in [-0.39, 0.29) is 6.04 Å². The van der Waals surface area contributed by atoms with Crippen molar-refractivity contribution in [3.8, 4) is 11.4 Å². The van der Waals surface area contributed by atoms with E-state index in [0.717, 1.165) is 33.6 Å². The molecule has 0 saturated heterocycles. The molecule has 1 aromatic carbocycles. The maximum Gasteiger partial charge on any atom is 0.276 e. The van der Waals surface area contributed by atoms with Gasteiger partial charge in [0.05, 0.1) is 12.5 Å². The SMILES string of the molecule is c1ccc(Cc2nnc(SC[C@@H]3CSc4nnc(-c5ccncc5)n43)o2)cc1. The van der Waals surface area contributed by atoms with Gasteiger partial charge in [0.1, 0.15) is 0 Å². The smallest absolute Gasteiger partial charge is 0.276 e. The highest BCUT2D eigenvalue weighted by atomic mass is 32.2. The van der Waals surface area contributed by atoms with Crippen LogP contribution in [0.4, 0.5) is 0 Å².